The van der Waals surface area contributed by atoms with E-state index in [-0.39, 0.29) is 30.0 Å². The van der Waals surface area contributed by atoms with Gasteiger partial charge in [0.25, 0.3) is 0 Å². The number of nitrogens with zero attached hydrogens (tertiary/aromatic N) is 1. The van der Waals surface area contributed by atoms with Crippen molar-refractivity contribution in [3.8, 4) is 11.5 Å². The van der Waals surface area contributed by atoms with Crippen LogP contribution in [0.15, 0.2) is 65.0 Å². The Morgan fingerprint density at radius 3 is 2.83 bits per heavy atom. The summed E-state index contributed by atoms with van der Waals surface area (Å²) in [5.41, 5.74) is 1.24. The minimum Gasteiger partial charge on any atom is -0.486 e. The molecule has 0 spiro atoms. The van der Waals surface area contributed by atoms with Gasteiger partial charge < -0.3 is 18.6 Å². The van der Waals surface area contributed by atoms with Crippen molar-refractivity contribution in [2.24, 2.45) is 0 Å². The summed E-state index contributed by atoms with van der Waals surface area (Å²) in [7, 11) is 0. The van der Waals surface area contributed by atoms with Crippen LogP contribution in [0.3, 0.4) is 0 Å². The molecule has 0 aliphatic carbocycles. The Bertz CT molecular complexity index is 1110. The molecule has 152 valence electrons. The van der Waals surface area contributed by atoms with Crippen LogP contribution in [0.5, 0.6) is 11.5 Å². The first kappa shape index (κ1) is 19.4. The van der Waals surface area contributed by atoms with E-state index in [1.807, 2.05) is 6.07 Å². The van der Waals surface area contributed by atoms with Crippen LogP contribution in [0.2, 0.25) is 0 Å². The second-order valence-electron chi connectivity index (χ2n) is 6.89. The van der Waals surface area contributed by atoms with Crippen LogP contribution >= 0.6 is 0 Å². The predicted octanol–water partition coefficient (Wildman–Crippen LogP) is 4.44. The highest BCUT2D eigenvalue weighted by molar-refractivity contribution is 6.14. The Balaban J connectivity index is 1.42. The van der Waals surface area contributed by atoms with Gasteiger partial charge in [0.1, 0.15) is 23.9 Å². The molecule has 1 aromatic carbocycles. The molecule has 0 fully saturated rings. The van der Waals surface area contributed by atoms with Gasteiger partial charge in [-0.15, -0.1) is 0 Å². The lowest BCUT2D eigenvalue weighted by Gasteiger charge is -2.06. The number of Topliss-reactive ketones (excluding diaryl/α,β-unsaturated/α-hetero) is 1. The van der Waals surface area contributed by atoms with Crippen molar-refractivity contribution in [2.45, 2.75) is 26.6 Å². The third-order valence-corrected chi connectivity index (χ3v) is 4.21. The summed E-state index contributed by atoms with van der Waals surface area (Å²) in [5, 5.41) is 0. The van der Waals surface area contributed by atoms with E-state index in [1.165, 1.54) is 0 Å². The summed E-state index contributed by atoms with van der Waals surface area (Å²) < 4.78 is 22.0. The van der Waals surface area contributed by atoms with Crippen molar-refractivity contribution in [3.63, 3.8) is 0 Å². The molecular formula is C23H19NO6. The third kappa shape index (κ3) is 4.25. The first-order valence-corrected chi connectivity index (χ1v) is 9.40. The van der Waals surface area contributed by atoms with E-state index < -0.39 is 5.97 Å². The van der Waals surface area contributed by atoms with Gasteiger partial charge in [0.2, 0.25) is 11.5 Å². The van der Waals surface area contributed by atoms with Gasteiger partial charge in [-0.2, -0.15) is 0 Å². The van der Waals surface area contributed by atoms with Crippen LogP contribution in [-0.2, 0) is 11.3 Å². The summed E-state index contributed by atoms with van der Waals surface area (Å²) in [6.45, 7) is 3.64. The van der Waals surface area contributed by atoms with E-state index >= 15 is 0 Å². The predicted molar refractivity (Wildman–Crippen MR) is 107 cm³/mol. The maximum Gasteiger partial charge on any atom is 0.374 e. The number of ether oxygens (including phenoxy) is 3. The summed E-state index contributed by atoms with van der Waals surface area (Å²) >= 11 is 0. The van der Waals surface area contributed by atoms with Crippen molar-refractivity contribution < 1.29 is 28.2 Å². The van der Waals surface area contributed by atoms with Crippen LogP contribution in [0.25, 0.3) is 6.08 Å². The van der Waals surface area contributed by atoms with E-state index in [0.717, 1.165) is 5.56 Å². The van der Waals surface area contributed by atoms with Gasteiger partial charge in [0.15, 0.2) is 5.76 Å². The molecule has 0 amide bonds. The van der Waals surface area contributed by atoms with Crippen LogP contribution in [0.1, 0.15) is 46.1 Å². The monoisotopic (exact) mass is 405 g/mol. The lowest BCUT2D eigenvalue weighted by Crippen LogP contribution is -2.10. The van der Waals surface area contributed by atoms with Crippen LogP contribution in [0.4, 0.5) is 0 Å². The number of esters is 1. The fourth-order valence-electron chi connectivity index (χ4n) is 2.86. The van der Waals surface area contributed by atoms with Gasteiger partial charge in [-0.25, -0.2) is 4.79 Å². The van der Waals surface area contributed by atoms with E-state index in [9.17, 15) is 9.59 Å². The molecule has 3 aromatic rings. The van der Waals surface area contributed by atoms with Gasteiger partial charge in [-0.05, 0) is 55.8 Å². The van der Waals surface area contributed by atoms with E-state index in [1.54, 1.807) is 68.7 Å². The lowest BCUT2D eigenvalue weighted by molar-refractivity contribution is 0.0337. The number of furan rings is 1. The zero-order valence-corrected chi connectivity index (χ0v) is 16.5. The van der Waals surface area contributed by atoms with Crippen LogP contribution < -0.4 is 9.47 Å². The molecule has 0 saturated carbocycles. The highest BCUT2D eigenvalue weighted by atomic mass is 16.6. The van der Waals surface area contributed by atoms with Crippen LogP contribution in [0, 0.1) is 0 Å². The van der Waals surface area contributed by atoms with Gasteiger partial charge >= 0.3 is 5.97 Å². The minimum absolute atomic E-state index is 0.111. The van der Waals surface area contributed by atoms with Crippen molar-refractivity contribution in [1.82, 2.24) is 4.98 Å². The Morgan fingerprint density at radius 1 is 1.20 bits per heavy atom. The first-order chi connectivity index (χ1) is 14.5. The molecule has 1 aliphatic rings. The molecule has 4 rings (SSSR count). The van der Waals surface area contributed by atoms with E-state index in [2.05, 4.69) is 4.98 Å². The molecule has 30 heavy (non-hydrogen) atoms. The standard InChI is InChI=1S/C23H19NO6/c1-14(2)28-23(26)19-8-6-17(29-19)13-27-16-5-7-18-20(11-16)30-21(22(18)25)10-15-4-3-9-24-12-15/h3-12,14H,13H2,1-2H3. The van der Waals surface area contributed by atoms with E-state index in [0.29, 0.717) is 22.8 Å². The fourth-order valence-corrected chi connectivity index (χ4v) is 2.86. The number of hydrogen-bond acceptors (Lipinski definition) is 7. The highest BCUT2D eigenvalue weighted by Gasteiger charge is 2.27. The smallest absolute Gasteiger partial charge is 0.374 e. The Labute approximate surface area is 172 Å². The average molecular weight is 405 g/mol. The molecule has 3 heterocycles. The summed E-state index contributed by atoms with van der Waals surface area (Å²) in [5.74, 6) is 1.04. The largest absolute Gasteiger partial charge is 0.486 e. The molecule has 0 atom stereocenters. The molecule has 0 N–H and O–H groups in total. The van der Waals surface area contributed by atoms with Gasteiger partial charge in [-0.1, -0.05) is 6.07 Å². The number of aromatic nitrogens is 1. The molecule has 7 heteroatoms. The molecule has 2 aromatic heterocycles. The van der Waals surface area contributed by atoms with Crippen molar-refractivity contribution in [1.29, 1.82) is 0 Å². The zero-order valence-electron chi connectivity index (χ0n) is 16.5. The number of pyridine rings is 1. The number of carbonyl (C=O) groups excluding carboxylic acids is 2. The maximum absolute atomic E-state index is 12.5. The number of hydrogen-bond donors (Lipinski definition) is 0. The number of rotatable bonds is 6. The van der Waals surface area contributed by atoms with Gasteiger partial charge in [0, 0.05) is 18.5 Å². The van der Waals surface area contributed by atoms with E-state index in [4.69, 9.17) is 18.6 Å². The maximum atomic E-state index is 12.5. The summed E-state index contributed by atoms with van der Waals surface area (Å²) in [4.78, 5) is 28.4. The molecule has 0 radical (unpaired) electrons. The third-order valence-electron chi connectivity index (χ3n) is 4.21. The zero-order chi connectivity index (χ0) is 21.1. The van der Waals surface area contributed by atoms with Crippen molar-refractivity contribution in [3.05, 3.63) is 83.3 Å². The molecule has 1 aliphatic heterocycles. The van der Waals surface area contributed by atoms with Crippen molar-refractivity contribution in [2.75, 3.05) is 0 Å². The molecule has 0 saturated heterocycles. The second kappa shape index (κ2) is 8.24. The average Bonchev–Trinajstić information content (AvgIpc) is 3.32. The number of ketones is 1. The number of benzene rings is 1. The summed E-state index contributed by atoms with van der Waals surface area (Å²) in [6, 6.07) is 11.8. The first-order valence-electron chi connectivity index (χ1n) is 9.40. The number of allylic oxidation sites excluding steroid dienone is 1. The second-order valence-corrected chi connectivity index (χ2v) is 6.89. The highest BCUT2D eigenvalue weighted by Crippen LogP contribution is 2.35. The minimum atomic E-state index is -0.520. The lowest BCUT2D eigenvalue weighted by atomic mass is 10.1. The molecule has 0 unspecified atom stereocenters. The molecule has 7 nitrogen and oxygen atoms in total. The topological polar surface area (TPSA) is 87.9 Å². The summed E-state index contributed by atoms with van der Waals surface area (Å²) in [6.07, 6.45) is 4.73. The number of fused-ring (bicyclic) bond motifs is 1. The fraction of sp³-hybridized carbons (Fsp3) is 0.174. The normalized spacial score (nSPS) is 14.0. The Kier molecular flexibility index (Phi) is 5.34. The quantitative estimate of drug-likeness (QED) is 0.443. The number of carbonyl (C=O) groups is 2. The molecular weight excluding hydrogens is 386 g/mol. The van der Waals surface area contributed by atoms with Gasteiger partial charge in [0.05, 0.1) is 11.7 Å². The molecule has 0 bridgehead atoms. The SMILES string of the molecule is CC(C)OC(=O)c1ccc(COc2ccc3c(c2)OC(=Cc2cccnc2)C3=O)o1. The Hall–Kier alpha value is -3.87. The Morgan fingerprint density at radius 2 is 2.07 bits per heavy atom. The van der Waals surface area contributed by atoms with Crippen molar-refractivity contribution >= 4 is 17.8 Å². The van der Waals surface area contributed by atoms with Gasteiger partial charge in [-0.3, -0.25) is 9.78 Å². The van der Waals surface area contributed by atoms with Crippen LogP contribution in [-0.4, -0.2) is 22.8 Å².